The number of sulfone groups is 1. The van der Waals surface area contributed by atoms with E-state index in [1.54, 1.807) is 6.92 Å². The summed E-state index contributed by atoms with van der Waals surface area (Å²) >= 11 is 0. The van der Waals surface area contributed by atoms with Gasteiger partial charge in [-0.2, -0.15) is 0 Å². The molecule has 0 bridgehead atoms. The van der Waals surface area contributed by atoms with Crippen molar-refractivity contribution in [2.45, 2.75) is 25.8 Å². The Morgan fingerprint density at radius 1 is 1.52 bits per heavy atom. The number of carboxylic acid groups (broad SMARTS) is 1. The third-order valence-corrected chi connectivity index (χ3v) is 5.09. The van der Waals surface area contributed by atoms with Gasteiger partial charge >= 0.3 is 5.97 Å². The molecule has 0 aromatic carbocycles. The molecule has 2 rings (SSSR count). The van der Waals surface area contributed by atoms with Crippen molar-refractivity contribution in [1.82, 2.24) is 9.97 Å². The number of anilines is 1. The van der Waals surface area contributed by atoms with Gasteiger partial charge in [0.2, 0.25) is 0 Å². The highest BCUT2D eigenvalue weighted by molar-refractivity contribution is 7.91. The van der Waals surface area contributed by atoms with E-state index in [4.69, 9.17) is 5.11 Å². The van der Waals surface area contributed by atoms with Crippen molar-refractivity contribution in [2.75, 3.05) is 23.0 Å². The molecular formula is C12H16FN3O4S. The maximum atomic E-state index is 14.3. The molecule has 1 fully saturated rings. The lowest BCUT2D eigenvalue weighted by molar-refractivity contribution is -0.137. The highest BCUT2D eigenvalue weighted by Gasteiger charge is 2.35. The second kappa shape index (κ2) is 5.92. The van der Waals surface area contributed by atoms with Crippen LogP contribution in [0.2, 0.25) is 0 Å². The molecule has 1 aromatic heterocycles. The molecule has 0 amide bonds. The van der Waals surface area contributed by atoms with Crippen LogP contribution in [0.1, 0.15) is 19.0 Å². The lowest BCUT2D eigenvalue weighted by Crippen LogP contribution is -2.50. The molecule has 1 N–H and O–H groups in total. The Morgan fingerprint density at radius 3 is 2.86 bits per heavy atom. The number of rotatable bonds is 4. The van der Waals surface area contributed by atoms with Gasteiger partial charge in [-0.1, -0.05) is 6.92 Å². The number of carboxylic acids is 1. The molecule has 0 radical (unpaired) electrons. The smallest absolute Gasteiger partial charge is 0.305 e. The molecule has 1 aliphatic heterocycles. The van der Waals surface area contributed by atoms with Crippen LogP contribution in [0.5, 0.6) is 0 Å². The van der Waals surface area contributed by atoms with Crippen LogP contribution < -0.4 is 4.90 Å². The van der Waals surface area contributed by atoms with E-state index in [9.17, 15) is 17.6 Å². The highest BCUT2D eigenvalue weighted by atomic mass is 32.2. The first kappa shape index (κ1) is 15.6. The maximum Gasteiger partial charge on any atom is 0.305 e. The second-order valence-electron chi connectivity index (χ2n) is 4.87. The summed E-state index contributed by atoms with van der Waals surface area (Å²) in [5.74, 6) is -2.23. The molecular weight excluding hydrogens is 301 g/mol. The summed E-state index contributed by atoms with van der Waals surface area (Å²) in [4.78, 5) is 20.0. The quantitative estimate of drug-likeness (QED) is 0.850. The first-order valence-electron chi connectivity index (χ1n) is 6.52. The molecule has 2 heterocycles. The minimum atomic E-state index is -3.32. The molecule has 1 saturated heterocycles. The maximum absolute atomic E-state index is 14.3. The molecule has 1 aromatic rings. The Kier molecular flexibility index (Phi) is 4.40. The zero-order valence-corrected chi connectivity index (χ0v) is 12.3. The van der Waals surface area contributed by atoms with Gasteiger partial charge < -0.3 is 10.0 Å². The molecule has 9 heteroatoms. The summed E-state index contributed by atoms with van der Waals surface area (Å²) in [6.45, 7) is 1.77. The summed E-state index contributed by atoms with van der Waals surface area (Å²) < 4.78 is 37.7. The summed E-state index contributed by atoms with van der Waals surface area (Å²) in [7, 11) is -3.32. The highest BCUT2D eigenvalue weighted by Crippen LogP contribution is 2.25. The van der Waals surface area contributed by atoms with Crippen LogP contribution in [0.4, 0.5) is 10.2 Å². The van der Waals surface area contributed by atoms with Gasteiger partial charge in [0.15, 0.2) is 21.5 Å². The van der Waals surface area contributed by atoms with E-state index in [1.165, 1.54) is 11.2 Å². The van der Waals surface area contributed by atoms with E-state index >= 15 is 0 Å². The van der Waals surface area contributed by atoms with Crippen molar-refractivity contribution in [3.05, 3.63) is 17.8 Å². The fourth-order valence-electron chi connectivity index (χ4n) is 2.38. The number of aliphatic carboxylic acids is 1. The van der Waals surface area contributed by atoms with Gasteiger partial charge in [0.1, 0.15) is 6.33 Å². The lowest BCUT2D eigenvalue weighted by atomic mass is 10.2. The summed E-state index contributed by atoms with van der Waals surface area (Å²) in [5, 5.41) is 8.92. The van der Waals surface area contributed by atoms with Crippen molar-refractivity contribution < 1.29 is 22.7 Å². The van der Waals surface area contributed by atoms with E-state index < -0.39 is 27.7 Å². The molecule has 1 aliphatic rings. The van der Waals surface area contributed by atoms with Crippen molar-refractivity contribution >= 4 is 21.6 Å². The molecule has 7 nitrogen and oxygen atoms in total. The Labute approximate surface area is 121 Å². The van der Waals surface area contributed by atoms with Gasteiger partial charge in [0, 0.05) is 6.54 Å². The van der Waals surface area contributed by atoms with Gasteiger partial charge in [-0.3, -0.25) is 4.79 Å². The molecule has 0 spiro atoms. The van der Waals surface area contributed by atoms with Gasteiger partial charge in [-0.25, -0.2) is 22.8 Å². The Hall–Kier alpha value is -1.77. The average Bonchev–Trinajstić information content (AvgIpc) is 2.38. The number of carbonyl (C=O) groups is 1. The van der Waals surface area contributed by atoms with Gasteiger partial charge in [0.25, 0.3) is 0 Å². The Morgan fingerprint density at radius 2 is 2.24 bits per heavy atom. The van der Waals surface area contributed by atoms with Crippen LogP contribution >= 0.6 is 0 Å². The van der Waals surface area contributed by atoms with Crippen molar-refractivity contribution in [3.63, 3.8) is 0 Å². The monoisotopic (exact) mass is 317 g/mol. The van der Waals surface area contributed by atoms with E-state index in [0.29, 0.717) is 6.42 Å². The fraction of sp³-hybridized carbons (Fsp3) is 0.583. The van der Waals surface area contributed by atoms with E-state index in [0.717, 1.165) is 0 Å². The van der Waals surface area contributed by atoms with E-state index in [-0.39, 0.29) is 36.0 Å². The fourth-order valence-corrected chi connectivity index (χ4v) is 3.90. The minimum absolute atomic E-state index is 0.0250. The molecule has 21 heavy (non-hydrogen) atoms. The van der Waals surface area contributed by atoms with E-state index in [1.807, 2.05) is 0 Å². The predicted octanol–water partition coefficient (Wildman–Crippen LogP) is 0.256. The number of nitrogens with zero attached hydrogens (tertiary/aromatic N) is 3. The van der Waals surface area contributed by atoms with Crippen LogP contribution in [0.25, 0.3) is 0 Å². The zero-order chi connectivity index (χ0) is 15.6. The third kappa shape index (κ3) is 3.46. The summed E-state index contributed by atoms with van der Waals surface area (Å²) in [6.07, 6.45) is 1.19. The van der Waals surface area contributed by atoms with Gasteiger partial charge in [-0.05, 0) is 6.42 Å². The Balaban J connectivity index is 2.38. The minimum Gasteiger partial charge on any atom is -0.481 e. The second-order valence-corrected chi connectivity index (χ2v) is 7.10. The summed E-state index contributed by atoms with van der Waals surface area (Å²) in [6, 6.07) is -0.824. The number of aromatic nitrogens is 2. The average molecular weight is 317 g/mol. The largest absolute Gasteiger partial charge is 0.481 e. The van der Waals surface area contributed by atoms with Crippen molar-refractivity contribution in [3.8, 4) is 0 Å². The number of hydrogen-bond donors (Lipinski definition) is 1. The number of hydrogen-bond acceptors (Lipinski definition) is 6. The zero-order valence-electron chi connectivity index (χ0n) is 11.5. The van der Waals surface area contributed by atoms with Crippen molar-refractivity contribution in [2.24, 2.45) is 0 Å². The molecule has 0 saturated carbocycles. The predicted molar refractivity (Wildman–Crippen MR) is 73.4 cm³/mol. The number of halogens is 1. The van der Waals surface area contributed by atoms with Crippen LogP contribution in [0.3, 0.4) is 0 Å². The SMILES string of the molecule is CCc1ncnc(N2CCS(=O)(=O)CC2CC(=O)O)c1F. The summed E-state index contributed by atoms with van der Waals surface area (Å²) in [5.41, 5.74) is 0.225. The first-order valence-corrected chi connectivity index (χ1v) is 8.34. The lowest BCUT2D eigenvalue weighted by Gasteiger charge is -2.35. The normalized spacial score (nSPS) is 21.2. The van der Waals surface area contributed by atoms with Crippen LogP contribution in [0, 0.1) is 5.82 Å². The molecule has 1 atom stereocenters. The van der Waals surface area contributed by atoms with Gasteiger partial charge in [0.05, 0.1) is 29.7 Å². The Bertz CT molecular complexity index is 650. The molecule has 116 valence electrons. The van der Waals surface area contributed by atoms with Crippen LogP contribution in [-0.2, 0) is 21.1 Å². The molecule has 1 unspecified atom stereocenters. The van der Waals surface area contributed by atoms with E-state index in [2.05, 4.69) is 9.97 Å². The standard InChI is InChI=1S/C12H16FN3O4S/c1-2-9-11(13)12(15-7-14-9)16-3-4-21(19,20)6-8(16)5-10(17)18/h7-8H,2-6H2,1H3,(H,17,18). The van der Waals surface area contributed by atoms with Gasteiger partial charge in [-0.15, -0.1) is 0 Å². The van der Waals surface area contributed by atoms with Crippen LogP contribution in [0.15, 0.2) is 6.33 Å². The van der Waals surface area contributed by atoms with Crippen LogP contribution in [-0.4, -0.2) is 53.6 Å². The third-order valence-electron chi connectivity index (χ3n) is 3.39. The van der Waals surface area contributed by atoms with Crippen molar-refractivity contribution in [1.29, 1.82) is 0 Å². The topological polar surface area (TPSA) is 100 Å². The number of aryl methyl sites for hydroxylation is 1. The molecule has 0 aliphatic carbocycles. The first-order chi connectivity index (χ1) is 9.84.